The molecule has 7 nitrogen and oxygen atoms in total. The first-order valence-corrected chi connectivity index (χ1v) is 11.4. The molecule has 1 fully saturated rings. The molecule has 0 spiro atoms. The number of amides is 1. The number of carbonyl (C=O) groups excluding carboxylic acids is 1. The van der Waals surface area contributed by atoms with Crippen LogP contribution >= 0.6 is 0 Å². The molecule has 5 rings (SSSR count). The van der Waals surface area contributed by atoms with Gasteiger partial charge in [-0.3, -0.25) is 4.79 Å². The van der Waals surface area contributed by atoms with Gasteiger partial charge in [0.2, 0.25) is 5.91 Å². The van der Waals surface area contributed by atoms with E-state index >= 15 is 0 Å². The van der Waals surface area contributed by atoms with Crippen LogP contribution in [0.5, 0.6) is 0 Å². The van der Waals surface area contributed by atoms with Crippen LogP contribution in [0.1, 0.15) is 54.1 Å². The molecule has 1 amide bonds. The largest absolute Gasteiger partial charge is 0.387 e. The average Bonchev–Trinajstić information content (AvgIpc) is 3.54. The highest BCUT2D eigenvalue weighted by Crippen LogP contribution is 2.29. The molecule has 4 atom stereocenters. The zero-order valence-corrected chi connectivity index (χ0v) is 18.2. The third kappa shape index (κ3) is 4.18. The molecule has 2 aromatic carbocycles. The van der Waals surface area contributed by atoms with Crippen molar-refractivity contribution in [3.8, 4) is 0 Å². The summed E-state index contributed by atoms with van der Waals surface area (Å²) in [6, 6.07) is 18.3. The molecule has 3 heterocycles. The van der Waals surface area contributed by atoms with Gasteiger partial charge in [0.25, 0.3) is 0 Å². The molecule has 2 aliphatic heterocycles. The number of nitrogens with one attached hydrogen (secondary N) is 2. The van der Waals surface area contributed by atoms with E-state index in [-0.39, 0.29) is 17.9 Å². The Kier molecular flexibility index (Phi) is 5.76. The SMILES string of the molecule is Cc1nnc2n1CC[C@@H]2C(=O)Nc1ccc(C[C@@H]2CC[C@H]([C@H](O)c3ccccc3)N2)cc1. The van der Waals surface area contributed by atoms with Crippen LogP contribution in [0.3, 0.4) is 0 Å². The van der Waals surface area contributed by atoms with Gasteiger partial charge in [0.1, 0.15) is 17.6 Å². The van der Waals surface area contributed by atoms with Gasteiger partial charge in [-0.1, -0.05) is 42.5 Å². The first kappa shape index (κ1) is 20.8. The highest BCUT2D eigenvalue weighted by Gasteiger charge is 2.32. The number of hydrogen-bond donors (Lipinski definition) is 3. The Hall–Kier alpha value is -3.03. The van der Waals surface area contributed by atoms with Crippen molar-refractivity contribution in [3.05, 3.63) is 77.4 Å². The number of aliphatic hydroxyl groups is 1. The molecule has 1 aromatic heterocycles. The van der Waals surface area contributed by atoms with Gasteiger partial charge in [0.15, 0.2) is 0 Å². The lowest BCUT2D eigenvalue weighted by Crippen LogP contribution is -2.35. The summed E-state index contributed by atoms with van der Waals surface area (Å²) in [6.07, 6.45) is 3.18. The summed E-state index contributed by atoms with van der Waals surface area (Å²) in [5, 5.41) is 25.5. The predicted octanol–water partition coefficient (Wildman–Crippen LogP) is 3.11. The minimum absolute atomic E-state index is 0.0286. The van der Waals surface area contributed by atoms with Crippen LogP contribution in [-0.2, 0) is 17.8 Å². The monoisotopic (exact) mass is 431 g/mol. The smallest absolute Gasteiger partial charge is 0.235 e. The maximum Gasteiger partial charge on any atom is 0.235 e. The van der Waals surface area contributed by atoms with Gasteiger partial charge >= 0.3 is 0 Å². The zero-order valence-electron chi connectivity index (χ0n) is 18.2. The van der Waals surface area contributed by atoms with Gasteiger partial charge in [0.05, 0.1) is 6.10 Å². The van der Waals surface area contributed by atoms with Gasteiger partial charge in [-0.15, -0.1) is 10.2 Å². The highest BCUT2D eigenvalue weighted by molar-refractivity contribution is 5.95. The standard InChI is InChI=1S/C25H29N5O2/c1-16-28-29-24-21(13-14-30(16)24)25(32)27-19-9-7-17(8-10-19)15-20-11-12-22(26-20)23(31)18-5-3-2-4-6-18/h2-10,20-23,26,31H,11-15H2,1H3,(H,27,32)/t20-,21-,22+,23+/m0/s1. The van der Waals surface area contributed by atoms with E-state index in [1.54, 1.807) is 0 Å². The molecule has 0 unspecified atom stereocenters. The molecule has 3 N–H and O–H groups in total. The molecule has 0 radical (unpaired) electrons. The van der Waals surface area contributed by atoms with Gasteiger partial charge in [-0.2, -0.15) is 0 Å². The fraction of sp³-hybridized carbons (Fsp3) is 0.400. The van der Waals surface area contributed by atoms with Crippen LogP contribution in [0.25, 0.3) is 0 Å². The third-order valence-electron chi connectivity index (χ3n) is 6.74. The van der Waals surface area contributed by atoms with Crippen LogP contribution in [0.2, 0.25) is 0 Å². The summed E-state index contributed by atoms with van der Waals surface area (Å²) in [6.45, 7) is 2.71. The lowest BCUT2D eigenvalue weighted by molar-refractivity contribution is -0.117. The predicted molar refractivity (Wildman–Crippen MR) is 122 cm³/mol. The van der Waals surface area contributed by atoms with Gasteiger partial charge < -0.3 is 20.3 Å². The Bertz CT molecular complexity index is 1080. The van der Waals surface area contributed by atoms with Crippen LogP contribution in [-0.4, -0.2) is 37.9 Å². The second-order valence-corrected chi connectivity index (χ2v) is 8.89. The molecule has 0 aliphatic carbocycles. The minimum atomic E-state index is -0.482. The van der Waals surface area contributed by atoms with Crippen LogP contribution in [0.4, 0.5) is 5.69 Å². The lowest BCUT2D eigenvalue weighted by atomic mass is 10.0. The number of fused-ring (bicyclic) bond motifs is 1. The molecule has 7 heteroatoms. The van der Waals surface area contributed by atoms with E-state index in [0.717, 1.165) is 55.1 Å². The fourth-order valence-electron chi connectivity index (χ4n) is 4.95. The molecule has 0 saturated carbocycles. The van der Waals surface area contributed by atoms with E-state index in [2.05, 4.69) is 33.0 Å². The number of aliphatic hydroxyl groups excluding tert-OH is 1. The summed E-state index contributed by atoms with van der Waals surface area (Å²) >= 11 is 0. The van der Waals surface area contributed by atoms with Crippen molar-refractivity contribution in [2.45, 2.75) is 63.3 Å². The molecule has 32 heavy (non-hydrogen) atoms. The Balaban J connectivity index is 1.15. The number of rotatable bonds is 6. The van der Waals surface area contributed by atoms with E-state index < -0.39 is 6.10 Å². The van der Waals surface area contributed by atoms with Gasteiger partial charge in [-0.25, -0.2) is 0 Å². The van der Waals surface area contributed by atoms with Crippen molar-refractivity contribution in [2.24, 2.45) is 0 Å². The normalized spacial score (nSPS) is 23.1. The third-order valence-corrected chi connectivity index (χ3v) is 6.74. The molecule has 166 valence electrons. The number of aryl methyl sites for hydroxylation is 1. The number of anilines is 1. The fourth-order valence-corrected chi connectivity index (χ4v) is 4.95. The van der Waals surface area contributed by atoms with E-state index in [4.69, 9.17) is 0 Å². The summed E-state index contributed by atoms with van der Waals surface area (Å²) in [5.74, 6) is 1.35. The molecule has 0 bridgehead atoms. The van der Waals surface area contributed by atoms with Crippen molar-refractivity contribution in [3.63, 3.8) is 0 Å². The lowest BCUT2D eigenvalue weighted by Gasteiger charge is -2.20. The van der Waals surface area contributed by atoms with E-state index in [1.165, 1.54) is 5.56 Å². The zero-order chi connectivity index (χ0) is 22.1. The van der Waals surface area contributed by atoms with Crippen LogP contribution in [0.15, 0.2) is 54.6 Å². The Labute approximate surface area is 187 Å². The molecule has 3 aromatic rings. The minimum Gasteiger partial charge on any atom is -0.387 e. The Morgan fingerprint density at radius 3 is 2.69 bits per heavy atom. The summed E-state index contributed by atoms with van der Waals surface area (Å²) in [5.41, 5.74) is 2.97. The number of benzene rings is 2. The first-order valence-electron chi connectivity index (χ1n) is 11.4. The quantitative estimate of drug-likeness (QED) is 0.558. The van der Waals surface area contributed by atoms with Crippen molar-refractivity contribution >= 4 is 11.6 Å². The number of hydrogen-bond acceptors (Lipinski definition) is 5. The number of nitrogens with zero attached hydrogens (tertiary/aromatic N) is 3. The van der Waals surface area contributed by atoms with Crippen molar-refractivity contribution in [1.82, 2.24) is 20.1 Å². The first-order chi connectivity index (χ1) is 15.6. The molecule has 1 saturated heterocycles. The van der Waals surface area contributed by atoms with Crippen LogP contribution < -0.4 is 10.6 Å². The second kappa shape index (κ2) is 8.84. The summed E-state index contributed by atoms with van der Waals surface area (Å²) in [4.78, 5) is 12.7. The Morgan fingerprint density at radius 2 is 1.91 bits per heavy atom. The van der Waals surface area contributed by atoms with E-state index in [9.17, 15) is 9.90 Å². The van der Waals surface area contributed by atoms with Crippen LogP contribution in [0, 0.1) is 6.92 Å². The molecular formula is C25H29N5O2. The van der Waals surface area contributed by atoms with E-state index in [0.29, 0.717) is 6.04 Å². The van der Waals surface area contributed by atoms with Crippen molar-refractivity contribution in [2.75, 3.05) is 5.32 Å². The number of carbonyl (C=O) groups is 1. The van der Waals surface area contributed by atoms with E-state index in [1.807, 2.05) is 54.0 Å². The topological polar surface area (TPSA) is 92.1 Å². The highest BCUT2D eigenvalue weighted by atomic mass is 16.3. The van der Waals surface area contributed by atoms with Gasteiger partial charge in [0, 0.05) is 24.3 Å². The number of aromatic nitrogens is 3. The van der Waals surface area contributed by atoms with Crippen molar-refractivity contribution < 1.29 is 9.90 Å². The maximum atomic E-state index is 12.7. The maximum absolute atomic E-state index is 12.7. The van der Waals surface area contributed by atoms with Gasteiger partial charge in [-0.05, 0) is 55.9 Å². The summed E-state index contributed by atoms with van der Waals surface area (Å²) < 4.78 is 2.02. The molecule has 2 aliphatic rings. The summed E-state index contributed by atoms with van der Waals surface area (Å²) in [7, 11) is 0. The van der Waals surface area contributed by atoms with Crippen molar-refractivity contribution in [1.29, 1.82) is 0 Å². The average molecular weight is 432 g/mol. The Morgan fingerprint density at radius 1 is 1.12 bits per heavy atom. The molecular weight excluding hydrogens is 402 g/mol. The second-order valence-electron chi connectivity index (χ2n) is 8.89.